The second kappa shape index (κ2) is 70.4. The molecule has 0 spiro atoms. The summed E-state index contributed by atoms with van der Waals surface area (Å²) in [6.45, 7) is 2.70. The first-order chi connectivity index (χ1) is 50.1. The highest BCUT2D eigenvalue weighted by atomic mass is 16.7. The van der Waals surface area contributed by atoms with Crippen molar-refractivity contribution in [3.05, 3.63) is 122 Å². The zero-order valence-corrected chi connectivity index (χ0v) is 64.6. The molecule has 2 saturated heterocycles. The second-order valence-electron chi connectivity index (χ2n) is 28.9. The molecule has 12 atom stereocenters. The molecule has 2 rings (SSSR count). The molecule has 9 N–H and O–H groups in total. The number of hydrogen-bond donors (Lipinski definition) is 9. The van der Waals surface area contributed by atoms with Crippen LogP contribution in [0.25, 0.3) is 0 Å². The molecule has 102 heavy (non-hydrogen) atoms. The van der Waals surface area contributed by atoms with Crippen LogP contribution in [0.4, 0.5) is 0 Å². The van der Waals surface area contributed by atoms with E-state index < -0.39 is 86.8 Å². The maximum absolute atomic E-state index is 13.4. The Bertz CT molecular complexity index is 2180. The van der Waals surface area contributed by atoms with Crippen LogP contribution in [0.3, 0.4) is 0 Å². The van der Waals surface area contributed by atoms with Gasteiger partial charge in [0, 0.05) is 6.42 Å². The van der Waals surface area contributed by atoms with Gasteiger partial charge in [-0.2, -0.15) is 0 Å². The van der Waals surface area contributed by atoms with E-state index in [9.17, 15) is 45.6 Å². The minimum atomic E-state index is -1.80. The van der Waals surface area contributed by atoms with Gasteiger partial charge in [0.05, 0.1) is 32.0 Å². The van der Waals surface area contributed by atoms with Crippen LogP contribution < -0.4 is 5.32 Å². The number of aliphatic hydroxyl groups excluding tert-OH is 8. The lowest BCUT2D eigenvalue weighted by Gasteiger charge is -2.46. The van der Waals surface area contributed by atoms with Crippen molar-refractivity contribution >= 4 is 5.91 Å². The molecule has 2 aliphatic rings. The van der Waals surface area contributed by atoms with E-state index in [1.165, 1.54) is 212 Å². The number of rotatable bonds is 69. The molecule has 14 heteroatoms. The Morgan fingerprint density at radius 3 is 1.08 bits per heavy atom. The molecule has 588 valence electrons. The van der Waals surface area contributed by atoms with E-state index in [4.69, 9.17) is 18.9 Å². The highest BCUT2D eigenvalue weighted by Crippen LogP contribution is 2.30. The van der Waals surface area contributed by atoms with E-state index in [1.807, 2.05) is 6.08 Å². The van der Waals surface area contributed by atoms with Crippen molar-refractivity contribution in [1.82, 2.24) is 5.32 Å². The molecule has 0 bridgehead atoms. The molecule has 1 amide bonds. The first-order valence-electron chi connectivity index (χ1n) is 41.8. The fourth-order valence-electron chi connectivity index (χ4n) is 13.1. The molecule has 0 aromatic carbocycles. The molecule has 0 aliphatic carbocycles. The molecule has 0 aromatic rings. The number of carbonyl (C=O) groups is 1. The molecule has 14 nitrogen and oxygen atoms in total. The quantitative estimate of drug-likeness (QED) is 0.0204. The lowest BCUT2D eigenvalue weighted by molar-refractivity contribution is -0.359. The summed E-state index contributed by atoms with van der Waals surface area (Å²) in [7, 11) is 0. The normalized spacial score (nSPS) is 22.3. The molecule has 0 radical (unpaired) electrons. The van der Waals surface area contributed by atoms with Gasteiger partial charge in [-0.25, -0.2) is 0 Å². The first-order valence-corrected chi connectivity index (χ1v) is 41.8. The van der Waals surface area contributed by atoms with Crippen LogP contribution in [0.2, 0.25) is 0 Å². The van der Waals surface area contributed by atoms with Crippen molar-refractivity contribution in [3.63, 3.8) is 0 Å². The zero-order chi connectivity index (χ0) is 73.7. The predicted molar refractivity (Wildman–Crippen MR) is 424 cm³/mol. The topological polar surface area (TPSA) is 228 Å². The van der Waals surface area contributed by atoms with Crippen LogP contribution in [0.15, 0.2) is 122 Å². The number of ether oxygens (including phenoxy) is 4. The highest BCUT2D eigenvalue weighted by molar-refractivity contribution is 5.76. The summed E-state index contributed by atoms with van der Waals surface area (Å²) in [5, 5.41) is 87.7. The molecule has 12 unspecified atom stereocenters. The van der Waals surface area contributed by atoms with Crippen LogP contribution in [-0.4, -0.2) is 140 Å². The summed E-state index contributed by atoms with van der Waals surface area (Å²) in [6.07, 6.45) is 87.2. The Morgan fingerprint density at radius 1 is 0.363 bits per heavy atom. The average Bonchev–Trinajstić information content (AvgIpc) is 0.790. The zero-order valence-electron chi connectivity index (χ0n) is 64.6. The Hall–Kier alpha value is -3.61. The fourth-order valence-corrected chi connectivity index (χ4v) is 13.1. The fraction of sp³-hybridized carbons (Fsp3) is 0.761. The first kappa shape index (κ1) is 94.5. The highest BCUT2D eigenvalue weighted by Gasteiger charge is 2.51. The monoisotopic (exact) mass is 1430 g/mol. The minimum absolute atomic E-state index is 0.251. The Kier molecular flexibility index (Phi) is 65.2. The molecular formula is C88H153NO13. The van der Waals surface area contributed by atoms with Crippen molar-refractivity contribution in [1.29, 1.82) is 0 Å². The van der Waals surface area contributed by atoms with Gasteiger partial charge >= 0.3 is 0 Å². The number of hydrogen-bond acceptors (Lipinski definition) is 13. The van der Waals surface area contributed by atoms with Gasteiger partial charge in [-0.15, -0.1) is 0 Å². The number of allylic oxidation sites excluding steroid dienone is 19. The second-order valence-corrected chi connectivity index (χ2v) is 28.9. The van der Waals surface area contributed by atoms with Gasteiger partial charge < -0.3 is 65.1 Å². The third kappa shape index (κ3) is 52.4. The Labute approximate surface area is 622 Å². The van der Waals surface area contributed by atoms with Gasteiger partial charge in [0.2, 0.25) is 5.91 Å². The van der Waals surface area contributed by atoms with Crippen LogP contribution in [0.5, 0.6) is 0 Å². The van der Waals surface area contributed by atoms with Crippen LogP contribution in [0, 0.1) is 0 Å². The summed E-state index contributed by atoms with van der Waals surface area (Å²) in [5.41, 5.74) is 0. The van der Waals surface area contributed by atoms with E-state index >= 15 is 0 Å². The minimum Gasteiger partial charge on any atom is -0.394 e. The average molecular weight is 1430 g/mol. The summed E-state index contributed by atoms with van der Waals surface area (Å²) in [6, 6.07) is -0.945. The molecule has 2 aliphatic heterocycles. The van der Waals surface area contributed by atoms with Crippen molar-refractivity contribution < 1.29 is 64.6 Å². The van der Waals surface area contributed by atoms with E-state index in [1.54, 1.807) is 6.08 Å². The van der Waals surface area contributed by atoms with E-state index in [0.29, 0.717) is 12.8 Å². The Balaban J connectivity index is 1.60. The smallest absolute Gasteiger partial charge is 0.220 e. The summed E-state index contributed by atoms with van der Waals surface area (Å²) >= 11 is 0. The molecule has 0 saturated carbocycles. The van der Waals surface area contributed by atoms with E-state index in [-0.39, 0.29) is 18.9 Å². The van der Waals surface area contributed by atoms with E-state index in [0.717, 1.165) is 89.9 Å². The molecule has 2 heterocycles. The van der Waals surface area contributed by atoms with Crippen molar-refractivity contribution in [3.8, 4) is 0 Å². The van der Waals surface area contributed by atoms with E-state index in [2.05, 4.69) is 129 Å². The number of unbranched alkanes of at least 4 members (excludes halogenated alkanes) is 38. The molecule has 2 fully saturated rings. The SMILES string of the molecule is CC/C=C\C/C=C\C/C=C\C/C=C\C/C=C\C/C=C\C/C=C\CCCCCCCCCCCCCCCCCCCCCC(=O)NC(COC1OC(CO)C(OC2OC(CO)C(O)C(O)C2O)C(O)C1O)C(O)/C=C/CC/C=C/CC/C=C/CCCCCCCCCCCCCCCCCCC. The number of carbonyl (C=O) groups excluding carboxylic acids is 1. The van der Waals surface area contributed by atoms with Gasteiger partial charge in [-0.3, -0.25) is 4.79 Å². The maximum Gasteiger partial charge on any atom is 0.220 e. The van der Waals surface area contributed by atoms with Gasteiger partial charge in [0.1, 0.15) is 48.8 Å². The summed E-state index contributed by atoms with van der Waals surface area (Å²) in [4.78, 5) is 13.4. The third-order valence-electron chi connectivity index (χ3n) is 19.6. The third-order valence-corrected chi connectivity index (χ3v) is 19.6. The summed E-state index contributed by atoms with van der Waals surface area (Å²) in [5.74, 6) is -0.251. The predicted octanol–water partition coefficient (Wildman–Crippen LogP) is 19.6. The van der Waals surface area contributed by atoms with Crippen LogP contribution in [0.1, 0.15) is 335 Å². The van der Waals surface area contributed by atoms with Crippen molar-refractivity contribution in [2.24, 2.45) is 0 Å². The van der Waals surface area contributed by atoms with Crippen LogP contribution in [-0.2, 0) is 23.7 Å². The lowest BCUT2D eigenvalue weighted by Crippen LogP contribution is -2.65. The van der Waals surface area contributed by atoms with Gasteiger partial charge in [0.15, 0.2) is 12.6 Å². The summed E-state index contributed by atoms with van der Waals surface area (Å²) < 4.78 is 22.9. The van der Waals surface area contributed by atoms with Crippen molar-refractivity contribution in [2.75, 3.05) is 19.8 Å². The lowest BCUT2D eigenvalue weighted by atomic mass is 9.97. The Morgan fingerprint density at radius 2 is 0.686 bits per heavy atom. The number of nitrogens with one attached hydrogen (secondary N) is 1. The maximum atomic E-state index is 13.4. The number of aliphatic hydroxyl groups is 8. The largest absolute Gasteiger partial charge is 0.394 e. The molecule has 0 aromatic heterocycles. The standard InChI is InChI=1S/C88H153NO13/c1-3-5-7-9-11-13-15-17-19-21-23-25-27-29-31-32-33-34-35-36-37-38-39-40-41-42-43-44-46-48-50-52-54-56-58-60-62-64-66-68-70-72-80(93)89-76(75-99-87-85(98)83(96)86(79(74-91)101-87)102-88-84(97)82(95)81(94)78(73-90)100-88)77(92)71-69-67-65-63-61-59-57-55-53-51-49-47-45-30-28-26-24-22-20-18-16-14-12-10-8-6-4-2/h5,7,11,13,17,19,23,25,29,31,33-34,36-37,53,55,61,63,69,71,76-79,81-88,90-92,94-98H,3-4,6,8-10,12,14-16,18,20-22,24,26-28,30,32,35,38-52,54,56-60,62,64-68,70,72-75H2,1-2H3,(H,89,93)/b7-5-,13-11-,19-17-,25-23-,31-29-,34-33-,37-36-,55-53+,63-61+,71-69+. The van der Waals surface area contributed by atoms with Gasteiger partial charge in [-0.1, -0.05) is 347 Å². The van der Waals surface area contributed by atoms with Crippen molar-refractivity contribution in [2.45, 2.75) is 408 Å². The van der Waals surface area contributed by atoms with Gasteiger partial charge in [-0.05, 0) is 103 Å². The van der Waals surface area contributed by atoms with Gasteiger partial charge in [0.25, 0.3) is 0 Å². The number of amides is 1. The van der Waals surface area contributed by atoms with Crippen LogP contribution >= 0.6 is 0 Å². The molecular weight excluding hydrogens is 1280 g/mol.